The zero-order valence-electron chi connectivity index (χ0n) is 10.6. The molecule has 0 spiro atoms. The van der Waals surface area contributed by atoms with Gasteiger partial charge in [0.05, 0.1) is 23.5 Å². The first-order valence-electron chi connectivity index (χ1n) is 6.02. The Morgan fingerprint density at radius 1 is 1.53 bits per heavy atom. The van der Waals surface area contributed by atoms with Gasteiger partial charge in [-0.15, -0.1) is 0 Å². The van der Waals surface area contributed by atoms with Crippen molar-refractivity contribution in [3.05, 3.63) is 33.9 Å². The molecular weight excluding hydrogens is 250 g/mol. The number of aliphatic carboxylic acids is 1. The highest BCUT2D eigenvalue weighted by Gasteiger charge is 2.45. The highest BCUT2D eigenvalue weighted by Crippen LogP contribution is 2.49. The van der Waals surface area contributed by atoms with E-state index in [0.29, 0.717) is 17.9 Å². The molecule has 0 amide bonds. The maximum atomic E-state index is 10.8. The van der Waals surface area contributed by atoms with Crippen LogP contribution in [0.25, 0.3) is 0 Å². The van der Waals surface area contributed by atoms with Crippen molar-refractivity contribution in [1.82, 2.24) is 0 Å². The predicted octanol–water partition coefficient (Wildman–Crippen LogP) is 2.54. The SMILES string of the molecule is Cc1c(OCC2(CC(=O)O)CC2)cccc1[N+](=O)[O-]. The van der Waals surface area contributed by atoms with Gasteiger partial charge < -0.3 is 9.84 Å². The summed E-state index contributed by atoms with van der Waals surface area (Å²) in [6, 6.07) is 4.66. The molecular formula is C13H15NO5. The number of ether oxygens (including phenoxy) is 1. The van der Waals surface area contributed by atoms with Crippen molar-refractivity contribution in [2.24, 2.45) is 5.41 Å². The monoisotopic (exact) mass is 265 g/mol. The van der Waals surface area contributed by atoms with Crippen molar-refractivity contribution in [1.29, 1.82) is 0 Å². The Morgan fingerprint density at radius 3 is 2.74 bits per heavy atom. The van der Waals surface area contributed by atoms with Gasteiger partial charge in [0.2, 0.25) is 0 Å². The summed E-state index contributed by atoms with van der Waals surface area (Å²) in [6.45, 7) is 1.92. The molecule has 0 radical (unpaired) electrons. The average molecular weight is 265 g/mol. The molecule has 19 heavy (non-hydrogen) atoms. The second-order valence-electron chi connectivity index (χ2n) is 5.02. The fourth-order valence-electron chi connectivity index (χ4n) is 2.06. The van der Waals surface area contributed by atoms with E-state index in [0.717, 1.165) is 12.8 Å². The molecule has 2 rings (SSSR count). The Bertz CT molecular complexity index is 522. The van der Waals surface area contributed by atoms with Gasteiger partial charge in [-0.25, -0.2) is 0 Å². The van der Waals surface area contributed by atoms with Crippen LogP contribution in [0.1, 0.15) is 24.8 Å². The maximum Gasteiger partial charge on any atom is 0.304 e. The van der Waals surface area contributed by atoms with Crippen LogP contribution >= 0.6 is 0 Å². The highest BCUT2D eigenvalue weighted by atomic mass is 16.6. The van der Waals surface area contributed by atoms with Crippen LogP contribution in [0.3, 0.4) is 0 Å². The van der Waals surface area contributed by atoms with Crippen molar-refractivity contribution in [2.75, 3.05) is 6.61 Å². The van der Waals surface area contributed by atoms with Crippen LogP contribution in [-0.4, -0.2) is 22.6 Å². The summed E-state index contributed by atoms with van der Waals surface area (Å²) in [5.74, 6) is -0.386. The lowest BCUT2D eigenvalue weighted by molar-refractivity contribution is -0.385. The zero-order chi connectivity index (χ0) is 14.0. The van der Waals surface area contributed by atoms with Gasteiger partial charge in [-0.05, 0) is 25.8 Å². The molecule has 1 aliphatic carbocycles. The Balaban J connectivity index is 2.06. The Labute approximate surface area is 110 Å². The van der Waals surface area contributed by atoms with Crippen LogP contribution in [0.5, 0.6) is 5.75 Å². The molecule has 1 aromatic carbocycles. The van der Waals surface area contributed by atoms with E-state index in [2.05, 4.69) is 0 Å². The Kier molecular flexibility index (Phi) is 3.42. The minimum absolute atomic E-state index is 0.0144. The third-order valence-corrected chi connectivity index (χ3v) is 3.47. The minimum atomic E-state index is -0.836. The summed E-state index contributed by atoms with van der Waals surface area (Å²) < 4.78 is 5.59. The Hall–Kier alpha value is -2.11. The number of hydrogen-bond acceptors (Lipinski definition) is 4. The van der Waals surface area contributed by atoms with Gasteiger partial charge in [-0.2, -0.15) is 0 Å². The molecule has 1 fully saturated rings. The van der Waals surface area contributed by atoms with Gasteiger partial charge in [0.1, 0.15) is 5.75 Å². The van der Waals surface area contributed by atoms with E-state index >= 15 is 0 Å². The molecule has 6 heteroatoms. The molecule has 0 bridgehead atoms. The maximum absolute atomic E-state index is 10.8. The standard InChI is InChI=1S/C13H15NO5/c1-9-10(14(17)18)3-2-4-11(9)19-8-13(5-6-13)7-12(15)16/h2-4H,5-8H2,1H3,(H,15,16). The Morgan fingerprint density at radius 2 is 2.21 bits per heavy atom. The number of nitro groups is 1. The molecule has 1 aliphatic rings. The normalized spacial score (nSPS) is 15.8. The molecule has 1 aromatic rings. The van der Waals surface area contributed by atoms with Gasteiger partial charge >= 0.3 is 5.97 Å². The summed E-state index contributed by atoms with van der Waals surface area (Å²) in [7, 11) is 0. The number of nitro benzene ring substituents is 1. The third kappa shape index (κ3) is 3.01. The molecule has 0 aliphatic heterocycles. The van der Waals surface area contributed by atoms with E-state index in [1.54, 1.807) is 19.1 Å². The molecule has 0 saturated heterocycles. The number of carboxylic acids is 1. The second-order valence-corrected chi connectivity index (χ2v) is 5.02. The van der Waals surface area contributed by atoms with E-state index in [9.17, 15) is 14.9 Å². The van der Waals surface area contributed by atoms with Crippen molar-refractivity contribution < 1.29 is 19.6 Å². The van der Waals surface area contributed by atoms with Crippen LogP contribution in [0.4, 0.5) is 5.69 Å². The van der Waals surface area contributed by atoms with Gasteiger partial charge in [0.25, 0.3) is 5.69 Å². The molecule has 0 atom stereocenters. The lowest BCUT2D eigenvalue weighted by Crippen LogP contribution is -2.17. The molecule has 0 unspecified atom stereocenters. The number of nitrogens with zero attached hydrogens (tertiary/aromatic N) is 1. The number of carbonyl (C=O) groups is 1. The number of benzene rings is 1. The van der Waals surface area contributed by atoms with Crippen LogP contribution in [0.15, 0.2) is 18.2 Å². The average Bonchev–Trinajstić information content (AvgIpc) is 3.06. The molecule has 1 saturated carbocycles. The molecule has 6 nitrogen and oxygen atoms in total. The van der Waals surface area contributed by atoms with Crippen molar-refractivity contribution >= 4 is 11.7 Å². The van der Waals surface area contributed by atoms with E-state index in [-0.39, 0.29) is 17.5 Å². The lowest BCUT2D eigenvalue weighted by Gasteiger charge is -2.15. The van der Waals surface area contributed by atoms with Gasteiger partial charge in [0.15, 0.2) is 0 Å². The summed E-state index contributed by atoms with van der Waals surface area (Å²) in [5, 5.41) is 19.6. The predicted molar refractivity (Wildman–Crippen MR) is 67.2 cm³/mol. The third-order valence-electron chi connectivity index (χ3n) is 3.47. The first-order valence-corrected chi connectivity index (χ1v) is 6.02. The van der Waals surface area contributed by atoms with Crippen molar-refractivity contribution in [2.45, 2.75) is 26.2 Å². The van der Waals surface area contributed by atoms with Crippen LogP contribution in [0.2, 0.25) is 0 Å². The van der Waals surface area contributed by atoms with E-state index in [1.165, 1.54) is 6.07 Å². The molecule has 0 aromatic heterocycles. The van der Waals surface area contributed by atoms with Crippen LogP contribution in [-0.2, 0) is 4.79 Å². The summed E-state index contributed by atoms with van der Waals surface area (Å²) in [6.07, 6.45) is 1.74. The first-order chi connectivity index (χ1) is 8.93. The smallest absolute Gasteiger partial charge is 0.304 e. The topological polar surface area (TPSA) is 89.7 Å². The largest absolute Gasteiger partial charge is 0.492 e. The number of carboxylic acid groups (broad SMARTS) is 1. The van der Waals surface area contributed by atoms with E-state index < -0.39 is 10.9 Å². The van der Waals surface area contributed by atoms with E-state index in [4.69, 9.17) is 9.84 Å². The highest BCUT2D eigenvalue weighted by molar-refractivity contribution is 5.68. The van der Waals surface area contributed by atoms with Gasteiger partial charge in [0, 0.05) is 11.5 Å². The fourth-order valence-corrected chi connectivity index (χ4v) is 2.06. The van der Waals surface area contributed by atoms with Gasteiger partial charge in [-0.3, -0.25) is 14.9 Å². The van der Waals surface area contributed by atoms with Crippen LogP contribution < -0.4 is 4.74 Å². The molecule has 1 N–H and O–H groups in total. The lowest BCUT2D eigenvalue weighted by atomic mass is 10.0. The van der Waals surface area contributed by atoms with E-state index in [1.807, 2.05) is 0 Å². The molecule has 102 valence electrons. The fraction of sp³-hybridized carbons (Fsp3) is 0.462. The summed E-state index contributed by atoms with van der Waals surface area (Å²) in [4.78, 5) is 21.1. The van der Waals surface area contributed by atoms with Crippen LogP contribution in [0, 0.1) is 22.5 Å². The quantitative estimate of drug-likeness (QED) is 0.630. The number of hydrogen-bond donors (Lipinski definition) is 1. The summed E-state index contributed by atoms with van der Waals surface area (Å²) in [5.41, 5.74) is 0.197. The minimum Gasteiger partial charge on any atom is -0.492 e. The van der Waals surface area contributed by atoms with Gasteiger partial charge in [-0.1, -0.05) is 6.07 Å². The molecule has 0 heterocycles. The first kappa shape index (κ1) is 13.3. The zero-order valence-corrected chi connectivity index (χ0v) is 10.6. The number of rotatable bonds is 6. The summed E-state index contributed by atoms with van der Waals surface area (Å²) >= 11 is 0. The second kappa shape index (κ2) is 4.87. The van der Waals surface area contributed by atoms with Crippen molar-refractivity contribution in [3.63, 3.8) is 0 Å². The van der Waals surface area contributed by atoms with Crippen molar-refractivity contribution in [3.8, 4) is 5.75 Å².